The lowest BCUT2D eigenvalue weighted by Gasteiger charge is -2.34. The summed E-state index contributed by atoms with van der Waals surface area (Å²) in [5.41, 5.74) is 6.39. The lowest BCUT2D eigenvalue weighted by atomic mass is 9.97. The third kappa shape index (κ3) is 5.59. The summed E-state index contributed by atoms with van der Waals surface area (Å²) in [5.74, 6) is 1.05. The average Bonchev–Trinajstić information content (AvgIpc) is 3.34. The number of aromatic nitrogens is 4. The largest absolute Gasteiger partial charge is 0.476 e. The molecular weight excluding hydrogens is 506 g/mol. The molecule has 0 unspecified atom stereocenters. The number of rotatable bonds is 8. The number of anilines is 2. The van der Waals surface area contributed by atoms with Crippen molar-refractivity contribution in [3.63, 3.8) is 0 Å². The smallest absolute Gasteiger partial charge is 0.268 e. The van der Waals surface area contributed by atoms with Crippen LogP contribution in [0, 0.1) is 18.8 Å². The molecule has 0 saturated carbocycles. The van der Waals surface area contributed by atoms with Crippen LogP contribution in [0.25, 0.3) is 5.82 Å². The van der Waals surface area contributed by atoms with Crippen molar-refractivity contribution >= 4 is 27.6 Å². The van der Waals surface area contributed by atoms with Gasteiger partial charge in [0.05, 0.1) is 12.2 Å². The van der Waals surface area contributed by atoms with Gasteiger partial charge in [0.15, 0.2) is 5.82 Å². The summed E-state index contributed by atoms with van der Waals surface area (Å²) in [4.78, 5) is 23.9. The molecule has 0 aromatic carbocycles. The molecule has 208 valence electrons. The van der Waals surface area contributed by atoms with Gasteiger partial charge in [-0.15, -0.1) is 5.10 Å². The standard InChI is InChI=1S/C26H35N7O4S.2H2/c1-16(2)15-37-22-12-18(4)33(30-22)21-10-9-19(24(29-21)32-14-17(3)13-26(32,5)6)25(34)31-38(35,36)20-8-7-11-28-23(20)27;;/h7-12,16-17H,13-15H2,1-6H3,(H2,27,28)(H,31,34);2*1H/t17-;;/m0../s1. The Morgan fingerprint density at radius 2 is 2.05 bits per heavy atom. The topological polar surface area (TPSA) is 145 Å². The van der Waals surface area contributed by atoms with E-state index in [1.165, 1.54) is 18.3 Å². The van der Waals surface area contributed by atoms with Crippen molar-refractivity contribution in [2.24, 2.45) is 11.8 Å². The van der Waals surface area contributed by atoms with E-state index >= 15 is 0 Å². The van der Waals surface area contributed by atoms with Crippen LogP contribution in [0.1, 0.15) is 59.9 Å². The van der Waals surface area contributed by atoms with Crippen molar-refractivity contribution in [2.75, 3.05) is 23.8 Å². The zero-order valence-corrected chi connectivity index (χ0v) is 23.4. The SMILES string of the molecule is Cc1cc(OCC(C)C)nn1-c1ccc(C(=O)NS(=O)(=O)c2cccnc2N)c(N2C[C@@H](C)CC2(C)C)n1.[HH].[HH]. The van der Waals surface area contributed by atoms with Crippen molar-refractivity contribution in [1.82, 2.24) is 24.5 Å². The third-order valence-corrected chi connectivity index (χ3v) is 7.77. The Bertz CT molecular complexity index is 1460. The molecule has 38 heavy (non-hydrogen) atoms. The molecule has 1 amide bonds. The fourth-order valence-electron chi connectivity index (χ4n) is 4.76. The van der Waals surface area contributed by atoms with E-state index in [9.17, 15) is 13.2 Å². The number of hydrogen-bond donors (Lipinski definition) is 2. The molecule has 0 bridgehead atoms. The number of pyridine rings is 2. The van der Waals surface area contributed by atoms with Crippen LogP contribution in [0.15, 0.2) is 41.4 Å². The Morgan fingerprint density at radius 1 is 1.32 bits per heavy atom. The molecule has 1 atom stereocenters. The van der Waals surface area contributed by atoms with Crippen LogP contribution in [0.5, 0.6) is 5.88 Å². The fourth-order valence-corrected chi connectivity index (χ4v) is 5.81. The van der Waals surface area contributed by atoms with E-state index < -0.39 is 15.9 Å². The quantitative estimate of drug-likeness (QED) is 0.431. The van der Waals surface area contributed by atoms with E-state index in [4.69, 9.17) is 15.5 Å². The van der Waals surface area contributed by atoms with Crippen molar-refractivity contribution < 1.29 is 20.8 Å². The molecule has 3 aromatic heterocycles. The van der Waals surface area contributed by atoms with Gasteiger partial charge in [0.1, 0.15) is 16.5 Å². The van der Waals surface area contributed by atoms with E-state index in [-0.39, 0.29) is 24.7 Å². The van der Waals surface area contributed by atoms with Gasteiger partial charge >= 0.3 is 0 Å². The summed E-state index contributed by atoms with van der Waals surface area (Å²) >= 11 is 0. The molecule has 0 radical (unpaired) electrons. The number of amides is 1. The summed E-state index contributed by atoms with van der Waals surface area (Å²) < 4.78 is 35.5. The maximum absolute atomic E-state index is 13.4. The molecule has 1 saturated heterocycles. The van der Waals surface area contributed by atoms with Gasteiger partial charge in [-0.2, -0.15) is 0 Å². The van der Waals surface area contributed by atoms with Crippen LogP contribution in [-0.2, 0) is 10.0 Å². The predicted octanol–water partition coefficient (Wildman–Crippen LogP) is 3.82. The second-order valence-corrected chi connectivity index (χ2v) is 12.5. The van der Waals surface area contributed by atoms with Crippen molar-refractivity contribution in [1.29, 1.82) is 0 Å². The maximum atomic E-state index is 13.4. The maximum Gasteiger partial charge on any atom is 0.268 e. The third-order valence-electron chi connectivity index (χ3n) is 6.40. The zero-order valence-electron chi connectivity index (χ0n) is 22.6. The minimum Gasteiger partial charge on any atom is -0.476 e. The number of nitrogen functional groups attached to an aromatic ring is 1. The molecule has 4 heterocycles. The molecular formula is C26H39N7O4S. The first-order valence-electron chi connectivity index (χ1n) is 12.5. The normalized spacial score (nSPS) is 17.1. The minimum absolute atomic E-state index is 0. The molecule has 0 aliphatic carbocycles. The van der Waals surface area contributed by atoms with Gasteiger partial charge in [-0.25, -0.2) is 27.8 Å². The number of sulfonamides is 1. The summed E-state index contributed by atoms with van der Waals surface area (Å²) in [6.07, 6.45) is 2.27. The molecule has 1 fully saturated rings. The van der Waals surface area contributed by atoms with E-state index in [1.807, 2.05) is 13.0 Å². The first-order valence-corrected chi connectivity index (χ1v) is 14.0. The number of nitrogens with zero attached hydrogens (tertiary/aromatic N) is 5. The summed E-state index contributed by atoms with van der Waals surface area (Å²) in [5, 5.41) is 4.55. The first-order chi connectivity index (χ1) is 17.8. The summed E-state index contributed by atoms with van der Waals surface area (Å²) in [6.45, 7) is 13.5. The number of ether oxygens (including phenoxy) is 1. The van der Waals surface area contributed by atoms with Gasteiger partial charge in [0.25, 0.3) is 15.9 Å². The minimum atomic E-state index is -4.26. The van der Waals surface area contributed by atoms with Gasteiger partial charge in [-0.1, -0.05) is 20.8 Å². The number of carbonyl (C=O) groups excluding carboxylic acids is 1. The van der Waals surface area contributed by atoms with Gasteiger partial charge in [-0.05, 0) is 63.3 Å². The van der Waals surface area contributed by atoms with Crippen molar-refractivity contribution in [3.8, 4) is 11.7 Å². The predicted molar refractivity (Wildman–Crippen MR) is 149 cm³/mol. The van der Waals surface area contributed by atoms with Crippen LogP contribution >= 0.6 is 0 Å². The molecule has 11 nitrogen and oxygen atoms in total. The van der Waals surface area contributed by atoms with E-state index in [0.717, 1.165) is 12.1 Å². The molecule has 1 aliphatic heterocycles. The first kappa shape index (κ1) is 27.4. The lowest BCUT2D eigenvalue weighted by molar-refractivity contribution is 0.0981. The van der Waals surface area contributed by atoms with Crippen LogP contribution < -0.4 is 20.1 Å². The monoisotopic (exact) mass is 545 g/mol. The van der Waals surface area contributed by atoms with Gasteiger partial charge in [0, 0.05) is 32.9 Å². The Balaban J connectivity index is 0.00000280. The number of aryl methyl sites for hydroxylation is 1. The number of nitrogens with two attached hydrogens (primary N) is 1. The van der Waals surface area contributed by atoms with Gasteiger partial charge in [-0.3, -0.25) is 4.79 Å². The molecule has 12 heteroatoms. The van der Waals surface area contributed by atoms with E-state index in [1.54, 1.807) is 16.8 Å². The van der Waals surface area contributed by atoms with E-state index in [2.05, 4.69) is 54.3 Å². The van der Waals surface area contributed by atoms with E-state index in [0.29, 0.717) is 42.5 Å². The average molecular weight is 546 g/mol. The molecule has 3 N–H and O–H groups in total. The van der Waals surface area contributed by atoms with Crippen LogP contribution in [0.2, 0.25) is 0 Å². The Hall–Kier alpha value is -3.67. The van der Waals surface area contributed by atoms with Crippen LogP contribution in [-0.4, -0.2) is 52.8 Å². The number of hydrogen-bond acceptors (Lipinski definition) is 9. The zero-order chi connectivity index (χ0) is 27.8. The lowest BCUT2D eigenvalue weighted by Crippen LogP contribution is -2.41. The fraction of sp³-hybridized carbons (Fsp3) is 0.462. The van der Waals surface area contributed by atoms with Gasteiger partial charge < -0.3 is 15.4 Å². The second kappa shape index (κ2) is 10.2. The highest BCUT2D eigenvalue weighted by atomic mass is 32.2. The van der Waals surface area contributed by atoms with Crippen LogP contribution in [0.4, 0.5) is 11.6 Å². The highest BCUT2D eigenvalue weighted by molar-refractivity contribution is 7.90. The molecule has 4 rings (SSSR count). The molecule has 0 spiro atoms. The highest BCUT2D eigenvalue weighted by Gasteiger charge is 2.39. The summed E-state index contributed by atoms with van der Waals surface area (Å²) in [6, 6.07) is 7.78. The Kier molecular flexibility index (Phi) is 7.37. The number of nitrogens with one attached hydrogen (secondary N) is 1. The Labute approximate surface area is 226 Å². The Morgan fingerprint density at radius 3 is 2.68 bits per heavy atom. The van der Waals surface area contributed by atoms with Crippen molar-refractivity contribution in [2.45, 2.75) is 58.4 Å². The van der Waals surface area contributed by atoms with Crippen molar-refractivity contribution in [3.05, 3.63) is 47.8 Å². The number of carbonyl (C=O) groups is 1. The van der Waals surface area contributed by atoms with Crippen LogP contribution in [0.3, 0.4) is 0 Å². The van der Waals surface area contributed by atoms with Gasteiger partial charge in [0.2, 0.25) is 5.88 Å². The molecule has 1 aliphatic rings. The highest BCUT2D eigenvalue weighted by Crippen LogP contribution is 2.38. The second-order valence-electron chi connectivity index (χ2n) is 10.8. The molecule has 3 aromatic rings. The summed E-state index contributed by atoms with van der Waals surface area (Å²) in [7, 11) is -4.26.